The lowest BCUT2D eigenvalue weighted by Crippen LogP contribution is -2.68. The molecule has 3 aliphatic rings. The van der Waals surface area contributed by atoms with Gasteiger partial charge in [-0.3, -0.25) is 43.2 Å². The molecule has 2 aromatic carbocycles. The quantitative estimate of drug-likeness (QED) is 0.0149. The summed E-state index contributed by atoms with van der Waals surface area (Å²) in [5, 5.41) is 4.37. The highest BCUT2D eigenvalue weighted by Crippen LogP contribution is 2.41. The maximum atomic E-state index is 15.1. The normalized spacial score (nSPS) is 24.3. The molecule has 3 saturated heterocycles. The van der Waals surface area contributed by atoms with Crippen LogP contribution in [0, 0.1) is 32.5 Å². The monoisotopic (exact) mass is 1620 g/mol. The molecule has 0 amide bonds. The van der Waals surface area contributed by atoms with Gasteiger partial charge in [-0.05, 0) is 148 Å². The number of nitrogens with zero attached hydrogens (tertiary/aromatic N) is 3. The van der Waals surface area contributed by atoms with Gasteiger partial charge in [0.1, 0.15) is 56.4 Å². The van der Waals surface area contributed by atoms with Gasteiger partial charge >= 0.3 is 53.7 Å². The molecule has 3 fully saturated rings. The Hall–Kier alpha value is -7.34. The molecule has 0 radical (unpaired) electrons. The molecule has 0 bridgehead atoms. The molecule has 29 nitrogen and oxygen atoms in total. The van der Waals surface area contributed by atoms with Crippen molar-refractivity contribution < 1.29 is 124 Å². The van der Waals surface area contributed by atoms with Crippen molar-refractivity contribution in [2.24, 2.45) is 37.6 Å². The molecule has 0 unspecified atom stereocenters. The van der Waals surface area contributed by atoms with Gasteiger partial charge in [0.15, 0.2) is 49.4 Å². The van der Waals surface area contributed by atoms with Crippen LogP contribution in [0.25, 0.3) is 10.4 Å². The van der Waals surface area contributed by atoms with Crippen molar-refractivity contribution in [1.29, 1.82) is 0 Å². The van der Waals surface area contributed by atoms with Crippen LogP contribution >= 0.6 is 0 Å². The number of azide groups is 1. The second kappa shape index (κ2) is 45.6. The summed E-state index contributed by atoms with van der Waals surface area (Å²) in [6.07, 6.45) is -13.5. The van der Waals surface area contributed by atoms with Crippen LogP contribution in [0.1, 0.15) is 253 Å². The minimum absolute atomic E-state index is 0.0277. The van der Waals surface area contributed by atoms with Crippen LogP contribution in [0.15, 0.2) is 65.8 Å². The summed E-state index contributed by atoms with van der Waals surface area (Å²) >= 11 is 0. The van der Waals surface area contributed by atoms with Gasteiger partial charge in [0.25, 0.3) is 0 Å². The van der Waals surface area contributed by atoms with E-state index in [0.717, 1.165) is 64.0 Å². The number of hydrogen-bond donors (Lipinski definition) is 0. The van der Waals surface area contributed by atoms with Crippen molar-refractivity contribution in [3.8, 4) is 0 Å². The van der Waals surface area contributed by atoms with E-state index in [1.54, 1.807) is 104 Å². The van der Waals surface area contributed by atoms with Gasteiger partial charge in [-0.15, -0.1) is 0 Å². The highest BCUT2D eigenvalue weighted by atomic mass is 16.8. The first-order chi connectivity index (χ1) is 53.7. The number of esters is 9. The van der Waals surface area contributed by atoms with E-state index in [-0.39, 0.29) is 13.2 Å². The minimum Gasteiger partial charge on any atom is -0.463 e. The first-order valence-corrected chi connectivity index (χ1v) is 40.6. The summed E-state index contributed by atoms with van der Waals surface area (Å²) in [7, 11) is 0. The first kappa shape index (κ1) is 98.2. The van der Waals surface area contributed by atoms with E-state index in [0.29, 0.717) is 12.8 Å². The lowest BCUT2D eigenvalue weighted by Gasteiger charge is -2.50. The first-order valence-electron chi connectivity index (χ1n) is 40.6. The third-order valence-corrected chi connectivity index (χ3v) is 19.1. The number of benzene rings is 2. The molecule has 648 valence electrons. The highest BCUT2D eigenvalue weighted by molar-refractivity contribution is 5.78. The lowest BCUT2D eigenvalue weighted by molar-refractivity contribution is -0.376. The summed E-state index contributed by atoms with van der Waals surface area (Å²) in [4.78, 5) is 130. The van der Waals surface area contributed by atoms with Crippen molar-refractivity contribution >= 4 is 53.7 Å². The Bertz CT molecular complexity index is 3440. The molecule has 0 N–H and O–H groups in total. The molecule has 0 aromatic heterocycles. The molecule has 2 aromatic rings. The Morgan fingerprint density at radius 2 is 0.826 bits per heavy atom. The fourth-order valence-corrected chi connectivity index (χ4v) is 12.4. The Balaban J connectivity index is 1.81. The number of carbonyl (C=O) groups excluding carboxylic acids is 9. The molecule has 0 spiro atoms. The maximum Gasteiger partial charge on any atom is 0.311 e. The van der Waals surface area contributed by atoms with Gasteiger partial charge in [0, 0.05) is 32.1 Å². The zero-order valence-corrected chi connectivity index (χ0v) is 72.2. The van der Waals surface area contributed by atoms with E-state index in [1.807, 2.05) is 60.7 Å². The molecule has 17 atom stereocenters. The number of unbranched alkanes of at least 4 members (excludes halogenated alkanes) is 11. The standard InChI is InChI=1S/C86H133N3O26/c1-23-24-25-26-27-28-29-30-31-32-33-40-45-59(100-47-56-41-36-34-37-42-56)65(101-48-57-43-38-35-39-44-57)58(88-89-87)49-102-73-71(114-79(97)85(17,18)19)70(113-78(96)84(14,15)16)67(62(108-73)51-103-75(93)81(5,6)7)111-74-72(115-80(98)86(20,21)22)69(68(112-77(95)83(11,12)13)63(109-74)52-104-76(94)82(8,9)10)110-64-46-60(105-54(3)91)66(106-55(4)92)61(107-64)50-99-53(2)90/h34-39,41-44,58-74H,23-33,40,45-52H2,1-22H3/t58-,59+,60+,61+,62+,63+,64+,65-,66+,67+,68-,69-,70-,71+,72+,73-,74-/m0/s1. The predicted octanol–water partition coefficient (Wildman–Crippen LogP) is 14.7. The predicted molar refractivity (Wildman–Crippen MR) is 421 cm³/mol. The number of rotatable bonds is 41. The van der Waals surface area contributed by atoms with E-state index in [1.165, 1.54) is 59.3 Å². The topological polar surface area (TPSA) is 359 Å². The summed E-state index contributed by atoms with van der Waals surface area (Å²) < 4.78 is 111. The van der Waals surface area contributed by atoms with Crippen LogP contribution in [0.2, 0.25) is 0 Å². The fourth-order valence-electron chi connectivity index (χ4n) is 12.4. The van der Waals surface area contributed by atoms with Gasteiger partial charge < -0.3 is 80.5 Å². The number of hydrogen-bond acceptors (Lipinski definition) is 27. The van der Waals surface area contributed by atoms with Crippen molar-refractivity contribution in [2.75, 3.05) is 26.4 Å². The van der Waals surface area contributed by atoms with Crippen molar-refractivity contribution in [2.45, 2.75) is 360 Å². The van der Waals surface area contributed by atoms with Gasteiger partial charge in [-0.25, -0.2) is 0 Å². The van der Waals surface area contributed by atoms with Crippen LogP contribution in [-0.4, -0.2) is 184 Å². The third-order valence-electron chi connectivity index (χ3n) is 19.1. The summed E-state index contributed by atoms with van der Waals surface area (Å²) in [5.41, 5.74) is 4.59. The average molecular weight is 1630 g/mol. The van der Waals surface area contributed by atoms with Crippen molar-refractivity contribution in [1.82, 2.24) is 0 Å². The average Bonchev–Trinajstić information content (AvgIpc) is 0.757. The van der Waals surface area contributed by atoms with E-state index in [4.69, 9.17) is 80.5 Å². The van der Waals surface area contributed by atoms with Crippen LogP contribution in [0.5, 0.6) is 0 Å². The molecule has 0 saturated carbocycles. The Morgan fingerprint density at radius 3 is 1.27 bits per heavy atom. The molecular weight excluding hydrogens is 1490 g/mol. The van der Waals surface area contributed by atoms with Crippen molar-refractivity contribution in [3.05, 3.63) is 82.2 Å². The molecule has 29 heteroatoms. The van der Waals surface area contributed by atoms with Crippen molar-refractivity contribution in [3.63, 3.8) is 0 Å². The van der Waals surface area contributed by atoms with Gasteiger partial charge in [0.05, 0.1) is 70.6 Å². The third kappa shape index (κ3) is 33.2. The minimum atomic E-state index is -2.13. The van der Waals surface area contributed by atoms with Crippen LogP contribution in [-0.2, 0) is 137 Å². The second-order valence-electron chi connectivity index (χ2n) is 36.2. The highest BCUT2D eigenvalue weighted by Gasteiger charge is 2.60. The van der Waals surface area contributed by atoms with Gasteiger partial charge in [-0.1, -0.05) is 150 Å². The molecular formula is C86H133N3O26. The van der Waals surface area contributed by atoms with E-state index < -0.39 is 223 Å². The van der Waals surface area contributed by atoms with Crippen LogP contribution < -0.4 is 0 Å². The Morgan fingerprint density at radius 1 is 0.426 bits per heavy atom. The van der Waals surface area contributed by atoms with Crippen LogP contribution in [0.3, 0.4) is 0 Å². The summed E-state index contributed by atoms with van der Waals surface area (Å²) in [6, 6.07) is 17.7. The SMILES string of the molecule is CCCCCCCCCCCCCC[C@@H](OCc1ccccc1)[C@@H](OCc1ccccc1)[C@H](CO[C@H]1O[C@H](COC(=O)C(C)(C)C)[C@@H](O[C@@H]2O[C@H](COC(=O)C(C)(C)C)[C@H](OC(=O)C(C)(C)C)[C@H](O[C@@H]3C[C@@H](OC(C)=O)[C@@H](OC(C)=O)[C@@H](COC(C)=O)O3)[C@H]2OC(=O)C(C)(C)C)[C@H](OC(=O)C(C)(C)C)[C@H]1OC(=O)C(C)(C)C)N=[N+]=[N-]. The lowest BCUT2D eigenvalue weighted by atomic mass is 9.92. The van der Waals surface area contributed by atoms with Crippen LogP contribution in [0.4, 0.5) is 0 Å². The van der Waals surface area contributed by atoms with Gasteiger partial charge in [0.2, 0.25) is 0 Å². The van der Waals surface area contributed by atoms with E-state index in [9.17, 15) is 43.9 Å². The zero-order chi connectivity index (χ0) is 85.8. The maximum absolute atomic E-state index is 15.1. The fraction of sp³-hybridized carbons (Fsp3) is 0.756. The molecule has 5 rings (SSSR count). The van der Waals surface area contributed by atoms with Gasteiger partial charge in [-0.2, -0.15) is 0 Å². The summed E-state index contributed by atoms with van der Waals surface area (Å²) in [6.45, 7) is 31.3. The zero-order valence-electron chi connectivity index (χ0n) is 72.2. The molecule has 3 aliphatic heterocycles. The largest absolute Gasteiger partial charge is 0.463 e. The molecule has 3 heterocycles. The smallest absolute Gasteiger partial charge is 0.311 e. The van der Waals surface area contributed by atoms with E-state index >= 15 is 4.79 Å². The molecule has 0 aliphatic carbocycles. The molecule has 115 heavy (non-hydrogen) atoms. The summed E-state index contributed by atoms with van der Waals surface area (Å²) in [5.74, 6) is -7.63. The Labute approximate surface area is 680 Å². The van der Waals surface area contributed by atoms with E-state index in [2.05, 4.69) is 16.9 Å². The second-order valence-corrected chi connectivity index (χ2v) is 36.2. The number of carbonyl (C=O) groups is 9. The Kier molecular flexibility index (Phi) is 38.9. The number of ether oxygens (including phenoxy) is 17.